The highest BCUT2D eigenvalue weighted by Crippen LogP contribution is 2.49. The van der Waals surface area contributed by atoms with Crippen molar-refractivity contribution >= 4 is 5.91 Å². The minimum absolute atomic E-state index is 0.0417. The molecule has 6 nitrogen and oxygen atoms in total. The van der Waals surface area contributed by atoms with Crippen LogP contribution in [0.5, 0.6) is 0 Å². The maximum atomic E-state index is 12.0. The van der Waals surface area contributed by atoms with E-state index in [9.17, 15) is 4.79 Å². The molecule has 3 atom stereocenters. The van der Waals surface area contributed by atoms with Gasteiger partial charge in [0.1, 0.15) is 5.69 Å². The SMILES string of the molecule is CCC1CCC(NCC[C@@]2(c3ccccn3)CCOC3(CCCC3)C2)c2ccc(C(N)=O)n21. The lowest BCUT2D eigenvalue weighted by atomic mass is 9.68. The van der Waals surface area contributed by atoms with Gasteiger partial charge in [-0.1, -0.05) is 25.8 Å². The zero-order valence-corrected chi connectivity index (χ0v) is 19.9. The van der Waals surface area contributed by atoms with E-state index in [0.717, 1.165) is 51.7 Å². The Morgan fingerprint density at radius 1 is 1.21 bits per heavy atom. The minimum atomic E-state index is -0.335. The van der Waals surface area contributed by atoms with Gasteiger partial charge in [0.15, 0.2) is 0 Å². The van der Waals surface area contributed by atoms with Crippen LogP contribution >= 0.6 is 0 Å². The molecule has 33 heavy (non-hydrogen) atoms. The van der Waals surface area contributed by atoms with Crippen molar-refractivity contribution in [1.29, 1.82) is 0 Å². The van der Waals surface area contributed by atoms with E-state index in [1.54, 1.807) is 0 Å². The summed E-state index contributed by atoms with van der Waals surface area (Å²) in [6.07, 6.45) is 13.2. The lowest BCUT2D eigenvalue weighted by molar-refractivity contribution is -0.104. The molecule has 2 aliphatic heterocycles. The van der Waals surface area contributed by atoms with Crippen LogP contribution in [0.25, 0.3) is 0 Å². The van der Waals surface area contributed by atoms with Crippen molar-refractivity contribution in [2.24, 2.45) is 5.73 Å². The predicted octanol–water partition coefficient (Wildman–Crippen LogP) is 4.81. The number of fused-ring (bicyclic) bond motifs is 1. The van der Waals surface area contributed by atoms with Gasteiger partial charge in [0.2, 0.25) is 0 Å². The summed E-state index contributed by atoms with van der Waals surface area (Å²) in [6.45, 7) is 3.93. The fourth-order valence-electron chi connectivity index (χ4n) is 6.87. The van der Waals surface area contributed by atoms with E-state index < -0.39 is 0 Å². The van der Waals surface area contributed by atoms with E-state index in [4.69, 9.17) is 15.5 Å². The number of primary amides is 1. The summed E-state index contributed by atoms with van der Waals surface area (Å²) in [6, 6.07) is 10.9. The Labute approximate surface area is 197 Å². The molecule has 1 amide bonds. The van der Waals surface area contributed by atoms with Crippen molar-refractivity contribution < 1.29 is 9.53 Å². The zero-order valence-electron chi connectivity index (χ0n) is 19.9. The molecule has 2 aromatic rings. The predicted molar refractivity (Wildman–Crippen MR) is 129 cm³/mol. The maximum Gasteiger partial charge on any atom is 0.265 e. The molecule has 5 rings (SSSR count). The Bertz CT molecular complexity index is 966. The average Bonchev–Trinajstić information content (AvgIpc) is 3.48. The molecule has 4 heterocycles. The quantitative estimate of drug-likeness (QED) is 0.634. The number of pyridine rings is 1. The Kier molecular flexibility index (Phi) is 6.32. The zero-order chi connectivity index (χ0) is 22.9. The number of amides is 1. The molecule has 2 aromatic heterocycles. The fourth-order valence-corrected chi connectivity index (χ4v) is 6.87. The highest BCUT2D eigenvalue weighted by Gasteiger charge is 2.48. The summed E-state index contributed by atoms with van der Waals surface area (Å²) in [7, 11) is 0. The number of carbonyl (C=O) groups is 1. The van der Waals surface area contributed by atoms with Gasteiger partial charge in [0.25, 0.3) is 5.91 Å². The summed E-state index contributed by atoms with van der Waals surface area (Å²) in [5, 5.41) is 3.85. The molecule has 1 saturated heterocycles. The summed E-state index contributed by atoms with van der Waals surface area (Å²) < 4.78 is 8.59. The number of aromatic nitrogens is 2. The number of carbonyl (C=O) groups excluding carboxylic acids is 1. The monoisotopic (exact) mass is 450 g/mol. The van der Waals surface area contributed by atoms with Crippen molar-refractivity contribution in [3.05, 3.63) is 53.6 Å². The van der Waals surface area contributed by atoms with E-state index in [1.165, 1.54) is 37.1 Å². The van der Waals surface area contributed by atoms with E-state index >= 15 is 0 Å². The molecule has 1 saturated carbocycles. The smallest absolute Gasteiger partial charge is 0.265 e. The van der Waals surface area contributed by atoms with Crippen molar-refractivity contribution in [3.63, 3.8) is 0 Å². The van der Waals surface area contributed by atoms with Crippen LogP contribution in [-0.4, -0.2) is 34.2 Å². The molecule has 0 aromatic carbocycles. The second-order valence-electron chi connectivity index (χ2n) is 10.4. The number of nitrogens with one attached hydrogen (secondary N) is 1. The lowest BCUT2D eigenvalue weighted by Gasteiger charge is -2.46. The van der Waals surface area contributed by atoms with Crippen molar-refractivity contribution in [1.82, 2.24) is 14.9 Å². The second kappa shape index (κ2) is 9.22. The van der Waals surface area contributed by atoms with Crippen LogP contribution in [0.4, 0.5) is 0 Å². The van der Waals surface area contributed by atoms with E-state index in [0.29, 0.717) is 11.7 Å². The standard InChI is InChI=1S/C27H38N4O2/c1-2-20-8-9-21(22-10-11-23(25(28)32)31(20)22)29-17-14-26(24-7-3-6-16-30-24)15-18-33-27(19-26)12-4-5-13-27/h3,6-7,10-11,16,20-21,29H,2,4-5,8-9,12-15,17-19H2,1H3,(H2,28,32)/t20?,21?,26-/m1/s1. The Hall–Kier alpha value is -2.18. The molecule has 1 aliphatic carbocycles. The summed E-state index contributed by atoms with van der Waals surface area (Å²) in [4.78, 5) is 16.8. The van der Waals surface area contributed by atoms with Crippen LogP contribution < -0.4 is 11.1 Å². The van der Waals surface area contributed by atoms with Gasteiger partial charge >= 0.3 is 0 Å². The van der Waals surface area contributed by atoms with E-state index in [1.807, 2.05) is 18.3 Å². The summed E-state index contributed by atoms with van der Waals surface area (Å²) >= 11 is 0. The Balaban J connectivity index is 1.34. The van der Waals surface area contributed by atoms with Gasteiger partial charge in [0.05, 0.1) is 5.60 Å². The second-order valence-corrected chi connectivity index (χ2v) is 10.4. The third kappa shape index (κ3) is 4.24. The number of ether oxygens (including phenoxy) is 1. The number of nitrogens with two attached hydrogens (primary N) is 1. The normalized spacial score (nSPS) is 28.6. The molecule has 2 fully saturated rings. The van der Waals surface area contributed by atoms with Crippen molar-refractivity contribution in [3.8, 4) is 0 Å². The molecule has 1 spiro atoms. The topological polar surface area (TPSA) is 82.2 Å². The highest BCUT2D eigenvalue weighted by molar-refractivity contribution is 5.91. The van der Waals surface area contributed by atoms with Gasteiger partial charge in [-0.25, -0.2) is 0 Å². The number of hydrogen-bond donors (Lipinski definition) is 2. The van der Waals surface area contributed by atoms with E-state index in [2.05, 4.69) is 35.0 Å². The van der Waals surface area contributed by atoms with Gasteiger partial charge in [-0.05, 0) is 82.2 Å². The summed E-state index contributed by atoms with van der Waals surface area (Å²) in [5.74, 6) is -0.335. The number of hydrogen-bond acceptors (Lipinski definition) is 4. The van der Waals surface area contributed by atoms with Crippen LogP contribution in [0.3, 0.4) is 0 Å². The van der Waals surface area contributed by atoms with Crippen LogP contribution in [0.15, 0.2) is 36.5 Å². The first-order valence-electron chi connectivity index (χ1n) is 12.9. The van der Waals surface area contributed by atoms with Gasteiger partial charge in [-0.2, -0.15) is 0 Å². The average molecular weight is 451 g/mol. The molecule has 3 aliphatic rings. The summed E-state index contributed by atoms with van der Waals surface area (Å²) in [5.41, 5.74) is 8.84. The van der Waals surface area contributed by atoms with Crippen molar-refractivity contribution in [2.45, 2.75) is 94.2 Å². The Morgan fingerprint density at radius 3 is 2.79 bits per heavy atom. The molecule has 6 heteroatoms. The number of rotatable bonds is 7. The van der Waals surface area contributed by atoms with Gasteiger partial charge < -0.3 is 20.4 Å². The first kappa shape index (κ1) is 22.6. The van der Waals surface area contributed by atoms with Gasteiger partial charge in [-0.3, -0.25) is 9.78 Å². The van der Waals surface area contributed by atoms with Crippen LogP contribution in [-0.2, 0) is 10.2 Å². The Morgan fingerprint density at radius 2 is 2.06 bits per heavy atom. The first-order chi connectivity index (χ1) is 16.1. The maximum absolute atomic E-state index is 12.0. The third-order valence-corrected chi connectivity index (χ3v) is 8.55. The number of nitrogens with zero attached hydrogens (tertiary/aromatic N) is 2. The molecular weight excluding hydrogens is 412 g/mol. The molecular formula is C27H38N4O2. The molecule has 0 radical (unpaired) electrons. The minimum Gasteiger partial charge on any atom is -0.375 e. The largest absolute Gasteiger partial charge is 0.375 e. The third-order valence-electron chi connectivity index (χ3n) is 8.55. The molecule has 178 valence electrons. The van der Waals surface area contributed by atoms with Crippen LogP contribution in [0.2, 0.25) is 0 Å². The van der Waals surface area contributed by atoms with E-state index in [-0.39, 0.29) is 23.0 Å². The van der Waals surface area contributed by atoms with Gasteiger partial charge in [0, 0.05) is 41.7 Å². The molecule has 3 N–H and O–H groups in total. The fraction of sp³-hybridized carbons (Fsp3) is 0.630. The van der Waals surface area contributed by atoms with Crippen LogP contribution in [0, 0.1) is 0 Å². The van der Waals surface area contributed by atoms with Crippen LogP contribution in [0.1, 0.15) is 105 Å². The first-order valence-corrected chi connectivity index (χ1v) is 12.9. The lowest BCUT2D eigenvalue weighted by Crippen LogP contribution is -2.47. The molecule has 0 bridgehead atoms. The van der Waals surface area contributed by atoms with Gasteiger partial charge in [-0.15, -0.1) is 0 Å². The molecule has 2 unspecified atom stereocenters. The highest BCUT2D eigenvalue weighted by atomic mass is 16.5. The van der Waals surface area contributed by atoms with Crippen molar-refractivity contribution in [2.75, 3.05) is 13.2 Å².